The zero-order valence-electron chi connectivity index (χ0n) is 12.8. The fourth-order valence-electron chi connectivity index (χ4n) is 2.74. The summed E-state index contributed by atoms with van der Waals surface area (Å²) in [4.78, 5) is 25.9. The van der Waals surface area contributed by atoms with Crippen molar-refractivity contribution in [3.05, 3.63) is 58.7 Å². The molecule has 22 heavy (non-hydrogen) atoms. The molecule has 4 heteroatoms. The molecule has 0 atom stereocenters. The number of hydrogen-bond acceptors (Lipinski definition) is 3. The summed E-state index contributed by atoms with van der Waals surface area (Å²) >= 11 is 0. The van der Waals surface area contributed by atoms with Gasteiger partial charge in [0.15, 0.2) is 0 Å². The maximum atomic E-state index is 12.4. The number of carbonyl (C=O) groups excluding carboxylic acids is 2. The van der Waals surface area contributed by atoms with Crippen molar-refractivity contribution in [1.82, 2.24) is 4.90 Å². The third-order valence-electron chi connectivity index (χ3n) is 3.90. The van der Waals surface area contributed by atoms with E-state index in [-0.39, 0.29) is 11.8 Å². The lowest BCUT2D eigenvalue weighted by Crippen LogP contribution is -2.29. The van der Waals surface area contributed by atoms with Crippen molar-refractivity contribution in [2.75, 3.05) is 6.54 Å². The fraction of sp³-hybridized carbons (Fsp3) is 0.222. The lowest BCUT2D eigenvalue weighted by atomic mass is 10.1. The highest BCUT2D eigenvalue weighted by molar-refractivity contribution is 6.22. The van der Waals surface area contributed by atoms with Crippen LogP contribution in [0.15, 0.2) is 36.4 Å². The van der Waals surface area contributed by atoms with E-state index in [1.54, 1.807) is 25.1 Å². The van der Waals surface area contributed by atoms with Gasteiger partial charge < -0.3 is 4.74 Å². The van der Waals surface area contributed by atoms with Gasteiger partial charge in [-0.15, -0.1) is 0 Å². The lowest BCUT2D eigenvalue weighted by molar-refractivity contribution is 0.0662. The van der Waals surface area contributed by atoms with Crippen LogP contribution in [0.1, 0.15) is 38.8 Å². The van der Waals surface area contributed by atoms with E-state index in [4.69, 9.17) is 4.74 Å². The van der Waals surface area contributed by atoms with Crippen molar-refractivity contribution in [3.8, 4) is 11.5 Å². The first kappa shape index (κ1) is 14.3. The largest absolute Gasteiger partial charge is 0.456 e. The predicted octanol–water partition coefficient (Wildman–Crippen LogP) is 3.71. The zero-order chi connectivity index (χ0) is 15.9. The Hall–Kier alpha value is -2.62. The minimum Gasteiger partial charge on any atom is -0.456 e. The number of benzene rings is 2. The van der Waals surface area contributed by atoms with Crippen LogP contribution in [0.4, 0.5) is 0 Å². The number of aryl methyl sites for hydroxylation is 2. The summed E-state index contributed by atoms with van der Waals surface area (Å²) in [5.74, 6) is 0.620. The Morgan fingerprint density at radius 2 is 1.59 bits per heavy atom. The van der Waals surface area contributed by atoms with Gasteiger partial charge in [0.2, 0.25) is 0 Å². The first-order chi connectivity index (χ1) is 10.5. The second-order valence-corrected chi connectivity index (χ2v) is 5.36. The van der Waals surface area contributed by atoms with Crippen molar-refractivity contribution < 1.29 is 14.3 Å². The van der Waals surface area contributed by atoms with Crippen LogP contribution in [0.3, 0.4) is 0 Å². The van der Waals surface area contributed by atoms with Crippen molar-refractivity contribution in [1.29, 1.82) is 0 Å². The second-order valence-electron chi connectivity index (χ2n) is 5.36. The molecule has 2 amide bonds. The van der Waals surface area contributed by atoms with E-state index in [9.17, 15) is 9.59 Å². The highest BCUT2D eigenvalue weighted by Gasteiger charge is 2.37. The van der Waals surface area contributed by atoms with Crippen molar-refractivity contribution in [2.45, 2.75) is 20.8 Å². The summed E-state index contributed by atoms with van der Waals surface area (Å²) in [7, 11) is 0. The van der Waals surface area contributed by atoms with Gasteiger partial charge in [-0.05, 0) is 44.0 Å². The van der Waals surface area contributed by atoms with E-state index in [0.717, 1.165) is 16.9 Å². The van der Waals surface area contributed by atoms with Gasteiger partial charge in [-0.2, -0.15) is 0 Å². The molecule has 0 bridgehead atoms. The van der Waals surface area contributed by atoms with E-state index >= 15 is 0 Å². The number of nitrogens with zero attached hydrogens (tertiary/aromatic N) is 1. The number of fused-ring (bicyclic) bond motifs is 1. The molecule has 1 heterocycles. The number of imide groups is 1. The Kier molecular flexibility index (Phi) is 3.45. The van der Waals surface area contributed by atoms with E-state index in [0.29, 0.717) is 23.4 Å². The summed E-state index contributed by atoms with van der Waals surface area (Å²) in [6, 6.07) is 11.0. The number of hydrogen-bond donors (Lipinski definition) is 0. The van der Waals surface area contributed by atoms with Crippen LogP contribution >= 0.6 is 0 Å². The minimum atomic E-state index is -0.288. The number of para-hydroxylation sites is 1. The number of amides is 2. The molecule has 3 rings (SSSR count). The first-order valence-electron chi connectivity index (χ1n) is 7.28. The lowest BCUT2D eigenvalue weighted by Gasteiger charge is -2.14. The highest BCUT2D eigenvalue weighted by Crippen LogP contribution is 2.35. The SMILES string of the molecule is CCN1C(=O)c2cccc(Oc3c(C)cccc3C)c2C1=O. The molecular weight excluding hydrogens is 278 g/mol. The van der Waals surface area contributed by atoms with E-state index in [1.807, 2.05) is 32.0 Å². The van der Waals surface area contributed by atoms with Crippen LogP contribution in [-0.2, 0) is 0 Å². The van der Waals surface area contributed by atoms with Crippen LogP contribution in [0.2, 0.25) is 0 Å². The van der Waals surface area contributed by atoms with Crippen LogP contribution in [0, 0.1) is 13.8 Å². The summed E-state index contributed by atoms with van der Waals surface area (Å²) in [6.45, 7) is 6.05. The molecular formula is C18H17NO3. The average Bonchev–Trinajstić information content (AvgIpc) is 2.75. The first-order valence-corrected chi connectivity index (χ1v) is 7.28. The van der Waals surface area contributed by atoms with Crippen LogP contribution in [0.5, 0.6) is 11.5 Å². The fourth-order valence-corrected chi connectivity index (χ4v) is 2.74. The molecule has 0 spiro atoms. The predicted molar refractivity (Wildman–Crippen MR) is 83.5 cm³/mol. The third-order valence-corrected chi connectivity index (χ3v) is 3.90. The molecule has 112 valence electrons. The Morgan fingerprint density at radius 1 is 0.955 bits per heavy atom. The molecule has 4 nitrogen and oxygen atoms in total. The van der Waals surface area contributed by atoms with E-state index in [1.165, 1.54) is 4.90 Å². The quantitative estimate of drug-likeness (QED) is 0.811. The molecule has 0 N–H and O–H groups in total. The van der Waals surface area contributed by atoms with Gasteiger partial charge >= 0.3 is 0 Å². The summed E-state index contributed by atoms with van der Waals surface area (Å²) < 4.78 is 5.99. The zero-order valence-corrected chi connectivity index (χ0v) is 12.8. The standard InChI is InChI=1S/C18H17NO3/c1-4-19-17(20)13-9-6-10-14(15(13)18(19)21)22-16-11(2)7-5-8-12(16)3/h5-10H,4H2,1-3H3. The number of ether oxygens (including phenoxy) is 1. The Balaban J connectivity index is 2.09. The maximum Gasteiger partial charge on any atom is 0.265 e. The third kappa shape index (κ3) is 2.08. The van der Waals surface area contributed by atoms with Crippen LogP contribution in [-0.4, -0.2) is 23.3 Å². The van der Waals surface area contributed by atoms with Crippen molar-refractivity contribution >= 4 is 11.8 Å². The van der Waals surface area contributed by atoms with Gasteiger partial charge in [-0.1, -0.05) is 24.3 Å². The summed E-state index contributed by atoms with van der Waals surface area (Å²) in [6.07, 6.45) is 0. The normalized spacial score (nSPS) is 13.5. The molecule has 0 saturated heterocycles. The van der Waals surface area contributed by atoms with Gasteiger partial charge in [-0.3, -0.25) is 14.5 Å². The highest BCUT2D eigenvalue weighted by atomic mass is 16.5. The topological polar surface area (TPSA) is 46.6 Å². The number of rotatable bonds is 3. The molecule has 1 aliphatic heterocycles. The Morgan fingerprint density at radius 3 is 2.23 bits per heavy atom. The Labute approximate surface area is 129 Å². The Bertz CT molecular complexity index is 760. The molecule has 0 aliphatic carbocycles. The van der Waals surface area contributed by atoms with Crippen LogP contribution in [0.25, 0.3) is 0 Å². The van der Waals surface area contributed by atoms with Gasteiger partial charge in [0, 0.05) is 6.54 Å². The molecule has 0 unspecified atom stereocenters. The molecule has 0 radical (unpaired) electrons. The average molecular weight is 295 g/mol. The molecule has 0 fully saturated rings. The monoisotopic (exact) mass is 295 g/mol. The van der Waals surface area contributed by atoms with Crippen LogP contribution < -0.4 is 4.74 Å². The van der Waals surface area contributed by atoms with E-state index in [2.05, 4.69) is 0 Å². The summed E-state index contributed by atoms with van der Waals surface area (Å²) in [5.41, 5.74) is 2.75. The van der Waals surface area contributed by atoms with E-state index < -0.39 is 0 Å². The molecule has 1 aliphatic rings. The molecule has 0 aromatic heterocycles. The smallest absolute Gasteiger partial charge is 0.265 e. The van der Waals surface area contributed by atoms with Gasteiger partial charge in [0.1, 0.15) is 11.5 Å². The van der Waals surface area contributed by atoms with Gasteiger partial charge in [0.05, 0.1) is 11.1 Å². The molecule has 2 aromatic carbocycles. The number of carbonyl (C=O) groups is 2. The molecule has 0 saturated carbocycles. The second kappa shape index (κ2) is 5.30. The van der Waals surface area contributed by atoms with Crippen molar-refractivity contribution in [3.63, 3.8) is 0 Å². The molecule has 2 aromatic rings. The minimum absolute atomic E-state index is 0.255. The van der Waals surface area contributed by atoms with Crippen molar-refractivity contribution in [2.24, 2.45) is 0 Å². The summed E-state index contributed by atoms with van der Waals surface area (Å²) in [5, 5.41) is 0. The van der Waals surface area contributed by atoms with Gasteiger partial charge in [0.25, 0.3) is 11.8 Å². The maximum absolute atomic E-state index is 12.4. The van der Waals surface area contributed by atoms with Gasteiger partial charge in [-0.25, -0.2) is 0 Å².